The number of esters is 1. The van der Waals surface area contributed by atoms with Crippen LogP contribution in [0.1, 0.15) is 38.9 Å². The minimum Gasteiger partial charge on any atom is -0.462 e. The quantitative estimate of drug-likeness (QED) is 0.398. The third kappa shape index (κ3) is 4.82. The lowest BCUT2D eigenvalue weighted by Gasteiger charge is -2.11. The molecule has 8 heteroatoms. The molecule has 0 bridgehead atoms. The molecule has 0 atom stereocenters. The van der Waals surface area contributed by atoms with E-state index in [1.165, 1.54) is 28.3 Å². The highest BCUT2D eigenvalue weighted by Crippen LogP contribution is 2.38. The Morgan fingerprint density at radius 2 is 1.82 bits per heavy atom. The van der Waals surface area contributed by atoms with Gasteiger partial charge < -0.3 is 10.1 Å². The first-order valence-corrected chi connectivity index (χ1v) is 11.6. The van der Waals surface area contributed by atoms with Gasteiger partial charge in [-0.1, -0.05) is 42.0 Å². The minimum atomic E-state index is -0.655. The molecule has 2 aromatic heterocycles. The molecule has 0 fully saturated rings. The van der Waals surface area contributed by atoms with E-state index in [0.717, 1.165) is 22.4 Å². The van der Waals surface area contributed by atoms with E-state index in [1.54, 1.807) is 12.3 Å². The van der Waals surface area contributed by atoms with Crippen LogP contribution in [0, 0.1) is 13.8 Å². The molecule has 0 unspecified atom stereocenters. The minimum absolute atomic E-state index is 0.232. The van der Waals surface area contributed by atoms with Gasteiger partial charge in [0.1, 0.15) is 5.00 Å². The number of anilines is 1. The number of nitrogens with zero attached hydrogens (tertiary/aromatic N) is 2. The van der Waals surface area contributed by atoms with Crippen molar-refractivity contribution in [1.29, 1.82) is 0 Å². The second-order valence-electron chi connectivity index (χ2n) is 7.71. The van der Waals surface area contributed by atoms with Crippen LogP contribution in [0.2, 0.25) is 0 Å². The van der Waals surface area contributed by atoms with E-state index < -0.39 is 17.3 Å². The smallest absolute Gasteiger partial charge is 0.339 e. The van der Waals surface area contributed by atoms with Crippen molar-refractivity contribution < 1.29 is 14.3 Å². The normalized spacial score (nSPS) is 10.7. The van der Waals surface area contributed by atoms with Gasteiger partial charge in [0.15, 0.2) is 5.69 Å². The van der Waals surface area contributed by atoms with E-state index >= 15 is 0 Å². The van der Waals surface area contributed by atoms with Crippen molar-refractivity contribution in [2.45, 2.75) is 20.8 Å². The number of aryl methyl sites for hydroxylation is 2. The van der Waals surface area contributed by atoms with Crippen molar-refractivity contribution in [3.63, 3.8) is 0 Å². The predicted molar refractivity (Wildman–Crippen MR) is 133 cm³/mol. The van der Waals surface area contributed by atoms with E-state index in [1.807, 2.05) is 62.4 Å². The summed E-state index contributed by atoms with van der Waals surface area (Å²) in [5.41, 5.74) is 3.73. The first-order chi connectivity index (χ1) is 16.4. The van der Waals surface area contributed by atoms with Crippen molar-refractivity contribution in [3.05, 3.63) is 98.8 Å². The molecule has 0 aliphatic rings. The van der Waals surface area contributed by atoms with Gasteiger partial charge in [0, 0.05) is 23.2 Å². The van der Waals surface area contributed by atoms with Crippen molar-refractivity contribution >= 4 is 28.2 Å². The van der Waals surface area contributed by atoms with Crippen molar-refractivity contribution in [2.75, 3.05) is 11.9 Å². The average molecular weight is 474 g/mol. The fourth-order valence-corrected chi connectivity index (χ4v) is 4.40. The Kier molecular flexibility index (Phi) is 6.70. The highest BCUT2D eigenvalue weighted by atomic mass is 32.1. The Labute approximate surface area is 200 Å². The van der Waals surface area contributed by atoms with Crippen LogP contribution in [0.4, 0.5) is 5.00 Å². The standard InChI is InChI=1S/C26H23N3O4S/c1-4-33-26(32)20-15-34-25(22(20)18-10-8-16(2)9-11-18)27-24(31)23-21(30)12-13-29(28-23)19-7-5-6-17(3)14-19/h5-15H,4H2,1-3H3,(H,27,31). The number of nitrogens with one attached hydrogen (secondary N) is 1. The van der Waals surface area contributed by atoms with Crippen LogP contribution in [0.3, 0.4) is 0 Å². The highest BCUT2D eigenvalue weighted by molar-refractivity contribution is 7.15. The number of rotatable bonds is 6. The van der Waals surface area contributed by atoms with Crippen LogP contribution in [0.5, 0.6) is 0 Å². The molecule has 0 aliphatic carbocycles. The average Bonchev–Trinajstić information content (AvgIpc) is 3.23. The first-order valence-electron chi connectivity index (χ1n) is 10.7. The van der Waals surface area contributed by atoms with Gasteiger partial charge in [0.2, 0.25) is 5.43 Å². The van der Waals surface area contributed by atoms with Crippen molar-refractivity contribution in [2.24, 2.45) is 0 Å². The highest BCUT2D eigenvalue weighted by Gasteiger charge is 2.23. The lowest BCUT2D eigenvalue weighted by molar-refractivity contribution is 0.0527. The third-order valence-corrected chi connectivity index (χ3v) is 6.04. The Bertz CT molecular complexity index is 1420. The van der Waals surface area contributed by atoms with Gasteiger partial charge in [-0.05, 0) is 44.0 Å². The van der Waals surface area contributed by atoms with Crippen LogP contribution in [-0.4, -0.2) is 28.3 Å². The lowest BCUT2D eigenvalue weighted by Crippen LogP contribution is -2.25. The summed E-state index contributed by atoms with van der Waals surface area (Å²) < 4.78 is 6.69. The van der Waals surface area contributed by atoms with Crippen LogP contribution < -0.4 is 10.7 Å². The number of thiophene rings is 1. The summed E-state index contributed by atoms with van der Waals surface area (Å²) in [7, 11) is 0. The maximum absolute atomic E-state index is 13.1. The van der Waals surface area contributed by atoms with Crippen LogP contribution in [-0.2, 0) is 4.74 Å². The van der Waals surface area contributed by atoms with Crippen LogP contribution >= 0.6 is 11.3 Å². The van der Waals surface area contributed by atoms with Gasteiger partial charge in [-0.3, -0.25) is 9.59 Å². The lowest BCUT2D eigenvalue weighted by atomic mass is 10.0. The van der Waals surface area contributed by atoms with E-state index in [9.17, 15) is 14.4 Å². The van der Waals surface area contributed by atoms with E-state index in [-0.39, 0.29) is 12.3 Å². The molecule has 2 aromatic carbocycles. The Morgan fingerprint density at radius 3 is 2.53 bits per heavy atom. The molecule has 0 saturated heterocycles. The Hall–Kier alpha value is -4.04. The maximum Gasteiger partial charge on any atom is 0.339 e. The largest absolute Gasteiger partial charge is 0.462 e. The number of carbonyl (C=O) groups is 2. The number of ether oxygens (including phenoxy) is 1. The zero-order chi connectivity index (χ0) is 24.2. The predicted octanol–water partition coefficient (Wildman–Crippen LogP) is 5.01. The molecule has 34 heavy (non-hydrogen) atoms. The number of carbonyl (C=O) groups excluding carboxylic acids is 2. The Morgan fingerprint density at radius 1 is 1.06 bits per heavy atom. The number of hydrogen-bond donors (Lipinski definition) is 1. The summed E-state index contributed by atoms with van der Waals surface area (Å²) in [6.45, 7) is 5.88. The molecule has 172 valence electrons. The molecule has 0 spiro atoms. The molecule has 0 radical (unpaired) electrons. The second kappa shape index (κ2) is 9.84. The number of aromatic nitrogens is 2. The summed E-state index contributed by atoms with van der Waals surface area (Å²) in [5.74, 6) is -1.13. The molecule has 0 saturated carbocycles. The summed E-state index contributed by atoms with van der Waals surface area (Å²) in [6.07, 6.45) is 1.52. The van der Waals surface area contributed by atoms with Crippen LogP contribution in [0.25, 0.3) is 16.8 Å². The zero-order valence-corrected chi connectivity index (χ0v) is 19.8. The topological polar surface area (TPSA) is 90.3 Å². The van der Waals surface area contributed by atoms with Gasteiger partial charge in [-0.25, -0.2) is 9.48 Å². The Balaban J connectivity index is 1.72. The summed E-state index contributed by atoms with van der Waals surface area (Å²) in [5, 5.41) is 9.13. The summed E-state index contributed by atoms with van der Waals surface area (Å²) in [4.78, 5) is 38.2. The number of benzene rings is 2. The molecule has 4 aromatic rings. The molecular formula is C26H23N3O4S. The van der Waals surface area contributed by atoms with Gasteiger partial charge in [-0.2, -0.15) is 5.10 Å². The molecule has 2 heterocycles. The molecular weight excluding hydrogens is 450 g/mol. The van der Waals surface area contributed by atoms with E-state index in [4.69, 9.17) is 4.74 Å². The molecule has 0 aliphatic heterocycles. The molecule has 1 amide bonds. The number of amides is 1. The van der Waals surface area contributed by atoms with Gasteiger partial charge in [-0.15, -0.1) is 11.3 Å². The summed E-state index contributed by atoms with van der Waals surface area (Å²) in [6, 6.07) is 16.5. The second-order valence-corrected chi connectivity index (χ2v) is 8.59. The summed E-state index contributed by atoms with van der Waals surface area (Å²) >= 11 is 1.19. The number of hydrogen-bond acceptors (Lipinski definition) is 6. The van der Waals surface area contributed by atoms with E-state index in [0.29, 0.717) is 16.1 Å². The molecule has 7 nitrogen and oxygen atoms in total. The molecule has 4 rings (SSSR count). The van der Waals surface area contributed by atoms with Crippen LogP contribution in [0.15, 0.2) is 71.0 Å². The fourth-order valence-electron chi connectivity index (χ4n) is 3.46. The SMILES string of the molecule is CCOC(=O)c1csc(NC(=O)c2nn(-c3cccc(C)c3)ccc2=O)c1-c1ccc(C)cc1. The fraction of sp³-hybridized carbons (Fsp3) is 0.154. The first kappa shape index (κ1) is 23.1. The molecule has 1 N–H and O–H groups in total. The van der Waals surface area contributed by atoms with Gasteiger partial charge >= 0.3 is 5.97 Å². The van der Waals surface area contributed by atoms with E-state index in [2.05, 4.69) is 10.4 Å². The zero-order valence-electron chi connectivity index (χ0n) is 19.0. The van der Waals surface area contributed by atoms with Crippen molar-refractivity contribution in [3.8, 4) is 16.8 Å². The monoisotopic (exact) mass is 473 g/mol. The third-order valence-electron chi connectivity index (χ3n) is 5.14. The van der Waals surface area contributed by atoms with Gasteiger partial charge in [0.25, 0.3) is 5.91 Å². The van der Waals surface area contributed by atoms with Crippen molar-refractivity contribution in [1.82, 2.24) is 9.78 Å². The van der Waals surface area contributed by atoms with Gasteiger partial charge in [0.05, 0.1) is 17.9 Å². The maximum atomic E-state index is 13.1.